The first-order valence-corrected chi connectivity index (χ1v) is 7.39. The zero-order valence-electron chi connectivity index (χ0n) is 10.3. The van der Waals surface area contributed by atoms with Crippen molar-refractivity contribution in [2.24, 2.45) is 0 Å². The fourth-order valence-electron chi connectivity index (χ4n) is 2.38. The summed E-state index contributed by atoms with van der Waals surface area (Å²) in [4.78, 5) is 10.3. The molecule has 1 N–H and O–H groups in total. The maximum atomic E-state index is 4.67. The average molecular weight is 259 g/mol. The van der Waals surface area contributed by atoms with Crippen molar-refractivity contribution >= 4 is 11.3 Å². The molecule has 0 saturated carbocycles. The second-order valence-corrected chi connectivity index (χ2v) is 5.63. The molecule has 2 aromatic heterocycles. The number of hydrogen-bond donors (Lipinski definition) is 1. The Kier molecular flexibility index (Phi) is 3.67. The first kappa shape index (κ1) is 11.8. The van der Waals surface area contributed by atoms with Crippen LogP contribution in [0.3, 0.4) is 0 Å². The minimum atomic E-state index is 0.553. The van der Waals surface area contributed by atoms with Gasteiger partial charge in [0.15, 0.2) is 0 Å². The summed E-state index contributed by atoms with van der Waals surface area (Å²) in [6.07, 6.45) is 6.68. The van der Waals surface area contributed by atoms with Crippen molar-refractivity contribution in [3.8, 4) is 10.6 Å². The van der Waals surface area contributed by atoms with Gasteiger partial charge in [-0.05, 0) is 36.9 Å². The third kappa shape index (κ3) is 2.76. The fourth-order valence-corrected chi connectivity index (χ4v) is 3.07. The molecule has 0 spiro atoms. The normalized spacial score (nSPS) is 19.9. The Morgan fingerprint density at radius 1 is 1.33 bits per heavy atom. The van der Waals surface area contributed by atoms with Gasteiger partial charge >= 0.3 is 0 Å². The van der Waals surface area contributed by atoms with Crippen LogP contribution in [0.5, 0.6) is 0 Å². The standard InChI is InChI=1S/C14H17N3S/c1-2-7-15-11(4-1)10-14-16-8-6-12(17-14)13-5-3-9-18-13/h3,5-6,8-9,11,15H,1-2,4,7,10H2. The van der Waals surface area contributed by atoms with Crippen LogP contribution in [0.25, 0.3) is 10.6 Å². The first-order valence-electron chi connectivity index (χ1n) is 6.51. The first-order chi connectivity index (χ1) is 8.92. The molecule has 1 aliphatic heterocycles. The number of thiophene rings is 1. The summed E-state index contributed by atoms with van der Waals surface area (Å²) in [5, 5.41) is 5.63. The van der Waals surface area contributed by atoms with Crippen LogP contribution < -0.4 is 5.32 Å². The molecule has 18 heavy (non-hydrogen) atoms. The van der Waals surface area contributed by atoms with E-state index in [4.69, 9.17) is 0 Å². The SMILES string of the molecule is c1csc(-c2ccnc(CC3CCCCN3)n2)c1. The molecule has 0 radical (unpaired) electrons. The summed E-state index contributed by atoms with van der Waals surface area (Å²) in [5.74, 6) is 0.959. The molecule has 0 aromatic carbocycles. The van der Waals surface area contributed by atoms with Crippen LogP contribution in [-0.2, 0) is 6.42 Å². The van der Waals surface area contributed by atoms with Crippen LogP contribution in [0, 0.1) is 0 Å². The summed E-state index contributed by atoms with van der Waals surface area (Å²) in [6.45, 7) is 1.13. The summed E-state index contributed by atoms with van der Waals surface area (Å²) < 4.78 is 0. The van der Waals surface area contributed by atoms with E-state index in [0.29, 0.717) is 6.04 Å². The van der Waals surface area contributed by atoms with E-state index in [1.807, 2.05) is 12.3 Å². The van der Waals surface area contributed by atoms with E-state index < -0.39 is 0 Å². The number of aromatic nitrogens is 2. The monoisotopic (exact) mass is 259 g/mol. The number of piperidine rings is 1. The summed E-state index contributed by atoms with van der Waals surface area (Å²) in [6, 6.07) is 6.71. The van der Waals surface area contributed by atoms with Crippen molar-refractivity contribution in [2.75, 3.05) is 6.54 Å². The van der Waals surface area contributed by atoms with Gasteiger partial charge in [-0.3, -0.25) is 0 Å². The molecule has 1 fully saturated rings. The summed E-state index contributed by atoms with van der Waals surface area (Å²) in [7, 11) is 0. The van der Waals surface area contributed by atoms with Gasteiger partial charge in [-0.15, -0.1) is 11.3 Å². The third-order valence-corrected chi connectivity index (χ3v) is 4.21. The molecular weight excluding hydrogens is 242 g/mol. The maximum Gasteiger partial charge on any atom is 0.130 e. The van der Waals surface area contributed by atoms with Crippen LogP contribution in [-0.4, -0.2) is 22.6 Å². The van der Waals surface area contributed by atoms with Gasteiger partial charge in [0, 0.05) is 18.7 Å². The highest BCUT2D eigenvalue weighted by molar-refractivity contribution is 7.13. The van der Waals surface area contributed by atoms with Crippen molar-refractivity contribution in [3.05, 3.63) is 35.6 Å². The number of nitrogens with zero attached hydrogens (tertiary/aromatic N) is 2. The molecule has 1 aliphatic rings. The zero-order valence-corrected chi connectivity index (χ0v) is 11.1. The Morgan fingerprint density at radius 3 is 3.11 bits per heavy atom. The van der Waals surface area contributed by atoms with Crippen LogP contribution >= 0.6 is 11.3 Å². The Labute approximate surface area is 111 Å². The minimum absolute atomic E-state index is 0.553. The van der Waals surface area contributed by atoms with Crippen LogP contribution in [0.4, 0.5) is 0 Å². The van der Waals surface area contributed by atoms with Crippen molar-refractivity contribution in [1.29, 1.82) is 0 Å². The molecule has 94 valence electrons. The van der Waals surface area contributed by atoms with E-state index >= 15 is 0 Å². The molecule has 4 heteroatoms. The van der Waals surface area contributed by atoms with Gasteiger partial charge in [-0.1, -0.05) is 12.5 Å². The second-order valence-electron chi connectivity index (χ2n) is 4.69. The van der Waals surface area contributed by atoms with Crippen molar-refractivity contribution < 1.29 is 0 Å². The Balaban J connectivity index is 1.74. The van der Waals surface area contributed by atoms with Crippen molar-refractivity contribution in [3.63, 3.8) is 0 Å². The maximum absolute atomic E-state index is 4.67. The second kappa shape index (κ2) is 5.59. The van der Waals surface area contributed by atoms with E-state index in [1.54, 1.807) is 11.3 Å². The van der Waals surface area contributed by atoms with Gasteiger partial charge in [-0.2, -0.15) is 0 Å². The quantitative estimate of drug-likeness (QED) is 0.921. The van der Waals surface area contributed by atoms with Gasteiger partial charge in [0.05, 0.1) is 10.6 Å². The van der Waals surface area contributed by atoms with Gasteiger partial charge in [0.2, 0.25) is 0 Å². The minimum Gasteiger partial charge on any atom is -0.314 e. The lowest BCUT2D eigenvalue weighted by Gasteiger charge is -2.22. The van der Waals surface area contributed by atoms with Gasteiger partial charge < -0.3 is 5.32 Å². The molecule has 1 unspecified atom stereocenters. The smallest absolute Gasteiger partial charge is 0.130 e. The van der Waals surface area contributed by atoms with Crippen LogP contribution in [0.15, 0.2) is 29.8 Å². The van der Waals surface area contributed by atoms with E-state index in [9.17, 15) is 0 Å². The van der Waals surface area contributed by atoms with Gasteiger partial charge in [0.1, 0.15) is 5.82 Å². The van der Waals surface area contributed by atoms with Crippen molar-refractivity contribution in [1.82, 2.24) is 15.3 Å². The van der Waals surface area contributed by atoms with E-state index in [-0.39, 0.29) is 0 Å². The van der Waals surface area contributed by atoms with Gasteiger partial charge in [-0.25, -0.2) is 9.97 Å². The molecule has 0 bridgehead atoms. The van der Waals surface area contributed by atoms with Crippen molar-refractivity contribution in [2.45, 2.75) is 31.7 Å². The highest BCUT2D eigenvalue weighted by Gasteiger charge is 2.14. The fraction of sp³-hybridized carbons (Fsp3) is 0.429. The largest absolute Gasteiger partial charge is 0.314 e. The summed E-state index contributed by atoms with van der Waals surface area (Å²) >= 11 is 1.72. The molecule has 0 aliphatic carbocycles. The Morgan fingerprint density at radius 2 is 2.33 bits per heavy atom. The predicted molar refractivity (Wildman–Crippen MR) is 74.7 cm³/mol. The lowest BCUT2D eigenvalue weighted by atomic mass is 10.0. The highest BCUT2D eigenvalue weighted by Crippen LogP contribution is 2.22. The molecule has 0 amide bonds. The average Bonchev–Trinajstić information content (AvgIpc) is 2.94. The molecule has 2 aromatic rings. The molecule has 1 saturated heterocycles. The molecule has 3 nitrogen and oxygen atoms in total. The Hall–Kier alpha value is -1.26. The predicted octanol–water partition coefficient (Wildman–Crippen LogP) is 2.89. The topological polar surface area (TPSA) is 37.8 Å². The third-order valence-electron chi connectivity index (χ3n) is 3.32. The molecule has 3 heterocycles. The number of nitrogens with one attached hydrogen (secondary N) is 1. The number of rotatable bonds is 3. The number of hydrogen-bond acceptors (Lipinski definition) is 4. The van der Waals surface area contributed by atoms with E-state index in [1.165, 1.54) is 24.1 Å². The lowest BCUT2D eigenvalue weighted by molar-refractivity contribution is 0.394. The van der Waals surface area contributed by atoms with Crippen LogP contribution in [0.1, 0.15) is 25.1 Å². The lowest BCUT2D eigenvalue weighted by Crippen LogP contribution is -2.36. The van der Waals surface area contributed by atoms with Gasteiger partial charge in [0.25, 0.3) is 0 Å². The van der Waals surface area contributed by atoms with E-state index in [2.05, 4.69) is 32.8 Å². The summed E-state index contributed by atoms with van der Waals surface area (Å²) in [5.41, 5.74) is 1.05. The van der Waals surface area contributed by atoms with Crippen LogP contribution in [0.2, 0.25) is 0 Å². The Bertz CT molecular complexity index is 490. The van der Waals surface area contributed by atoms with E-state index in [0.717, 1.165) is 24.5 Å². The molecule has 1 atom stereocenters. The molecular formula is C14H17N3S. The molecule has 3 rings (SSSR count). The highest BCUT2D eigenvalue weighted by atomic mass is 32.1. The zero-order chi connectivity index (χ0) is 12.2.